The van der Waals surface area contributed by atoms with Crippen LogP contribution in [0.5, 0.6) is 0 Å². The highest BCUT2D eigenvalue weighted by Gasteiger charge is 2.46. The summed E-state index contributed by atoms with van der Waals surface area (Å²) in [5, 5.41) is 0. The zero-order valence-corrected chi connectivity index (χ0v) is 17.3. The molecule has 1 aliphatic carbocycles. The maximum absolute atomic E-state index is 2.48. The van der Waals surface area contributed by atoms with E-state index in [1.165, 1.54) is 42.5 Å². The third-order valence-electron chi connectivity index (χ3n) is 5.71. The van der Waals surface area contributed by atoms with Crippen LogP contribution >= 0.6 is 22.6 Å². The first-order valence-corrected chi connectivity index (χ1v) is 10.3. The molecule has 5 rings (SSSR count). The van der Waals surface area contributed by atoms with E-state index in [2.05, 4.69) is 127 Å². The van der Waals surface area contributed by atoms with E-state index < -0.39 is 0 Å². The van der Waals surface area contributed by atoms with E-state index in [-0.39, 0.29) is 5.41 Å². The molecule has 1 heteroatoms. The molecule has 0 radical (unpaired) electrons. The van der Waals surface area contributed by atoms with Crippen LogP contribution in [0.4, 0.5) is 0 Å². The highest BCUT2D eigenvalue weighted by Crippen LogP contribution is 2.56. The first-order valence-electron chi connectivity index (χ1n) is 9.24. The summed E-state index contributed by atoms with van der Waals surface area (Å²) in [5.41, 5.74) is 9.14. The molecule has 0 fully saturated rings. The Labute approximate surface area is 174 Å². The Balaban J connectivity index is 1.98. The van der Waals surface area contributed by atoms with Crippen molar-refractivity contribution in [2.24, 2.45) is 0 Å². The Morgan fingerprint density at radius 2 is 1.22 bits per heavy atom. The third-order valence-corrected chi connectivity index (χ3v) is 6.61. The average molecular weight is 458 g/mol. The third kappa shape index (κ3) is 2.34. The molecule has 0 amide bonds. The van der Waals surface area contributed by atoms with E-state index in [9.17, 15) is 0 Å². The lowest BCUT2D eigenvalue weighted by Crippen LogP contribution is -2.28. The number of aryl methyl sites for hydroxylation is 1. The molecule has 0 saturated carbocycles. The molecular weight excluding hydrogens is 439 g/mol. The molecule has 4 aromatic rings. The summed E-state index contributed by atoms with van der Waals surface area (Å²) >= 11 is 2.48. The first-order chi connectivity index (χ1) is 13.2. The zero-order chi connectivity index (χ0) is 18.4. The van der Waals surface area contributed by atoms with Gasteiger partial charge in [0.15, 0.2) is 0 Å². The van der Waals surface area contributed by atoms with Gasteiger partial charge in [-0.2, -0.15) is 0 Å². The molecule has 1 atom stereocenters. The van der Waals surface area contributed by atoms with Crippen LogP contribution in [0.15, 0.2) is 97.1 Å². The van der Waals surface area contributed by atoms with Gasteiger partial charge in [-0.25, -0.2) is 0 Å². The van der Waals surface area contributed by atoms with Crippen LogP contribution in [0.1, 0.15) is 27.8 Å². The van der Waals surface area contributed by atoms with Gasteiger partial charge in [0, 0.05) is 9.13 Å². The predicted molar refractivity (Wildman–Crippen MR) is 121 cm³/mol. The topological polar surface area (TPSA) is 0 Å². The van der Waals surface area contributed by atoms with Crippen LogP contribution in [-0.2, 0) is 5.41 Å². The van der Waals surface area contributed by atoms with Gasteiger partial charge in [-0.1, -0.05) is 96.6 Å². The molecule has 1 aliphatic rings. The van der Waals surface area contributed by atoms with Crippen molar-refractivity contribution >= 4 is 22.6 Å². The van der Waals surface area contributed by atoms with Gasteiger partial charge in [0.25, 0.3) is 0 Å². The van der Waals surface area contributed by atoms with E-state index in [0.717, 1.165) is 0 Å². The molecule has 1 unspecified atom stereocenters. The largest absolute Gasteiger partial charge is 0.0713 e. The van der Waals surface area contributed by atoms with Gasteiger partial charge >= 0.3 is 0 Å². The number of hydrogen-bond acceptors (Lipinski definition) is 0. The second kappa shape index (κ2) is 6.35. The Morgan fingerprint density at radius 1 is 0.593 bits per heavy atom. The van der Waals surface area contributed by atoms with Crippen molar-refractivity contribution < 1.29 is 0 Å². The molecule has 0 saturated heterocycles. The van der Waals surface area contributed by atoms with Crippen molar-refractivity contribution in [3.63, 3.8) is 0 Å². The fourth-order valence-electron chi connectivity index (χ4n) is 4.56. The van der Waals surface area contributed by atoms with Gasteiger partial charge in [0.2, 0.25) is 0 Å². The monoisotopic (exact) mass is 458 g/mol. The van der Waals surface area contributed by atoms with Crippen LogP contribution in [-0.4, -0.2) is 0 Å². The summed E-state index contributed by atoms with van der Waals surface area (Å²) in [6.45, 7) is 2.15. The van der Waals surface area contributed by atoms with Crippen molar-refractivity contribution in [1.29, 1.82) is 0 Å². The summed E-state index contributed by atoms with van der Waals surface area (Å²) in [7, 11) is 0. The average Bonchev–Trinajstić information content (AvgIpc) is 3.02. The van der Waals surface area contributed by atoms with Gasteiger partial charge in [-0.05, 0) is 63.4 Å². The quantitative estimate of drug-likeness (QED) is 0.251. The normalized spacial score (nSPS) is 17.4. The minimum absolute atomic E-state index is 0.276. The van der Waals surface area contributed by atoms with E-state index in [0.29, 0.717) is 0 Å². The lowest BCUT2D eigenvalue weighted by molar-refractivity contribution is 0.768. The van der Waals surface area contributed by atoms with Gasteiger partial charge in [0.1, 0.15) is 0 Å². The molecule has 4 aromatic carbocycles. The van der Waals surface area contributed by atoms with Gasteiger partial charge in [0.05, 0.1) is 5.41 Å². The molecule has 0 aromatic heterocycles. The highest BCUT2D eigenvalue weighted by atomic mass is 127. The van der Waals surface area contributed by atoms with E-state index in [1.54, 1.807) is 0 Å². The molecule has 0 aliphatic heterocycles. The maximum Gasteiger partial charge on any atom is 0.0713 e. The lowest BCUT2D eigenvalue weighted by Gasteiger charge is -2.34. The van der Waals surface area contributed by atoms with Crippen LogP contribution in [0.25, 0.3) is 11.1 Å². The Bertz CT molecular complexity index is 1130. The number of benzene rings is 4. The molecular formula is C26H19I. The minimum Gasteiger partial charge on any atom is -0.0622 e. The highest BCUT2D eigenvalue weighted by molar-refractivity contribution is 14.1. The molecule has 0 heterocycles. The summed E-state index contributed by atoms with van der Waals surface area (Å²) < 4.78 is 1.31. The smallest absolute Gasteiger partial charge is 0.0622 e. The van der Waals surface area contributed by atoms with Crippen LogP contribution in [0.3, 0.4) is 0 Å². The first kappa shape index (κ1) is 16.8. The predicted octanol–water partition coefficient (Wildman–Crippen LogP) is 6.96. The molecule has 0 spiro atoms. The Morgan fingerprint density at radius 3 is 2.00 bits per heavy atom. The summed E-state index contributed by atoms with van der Waals surface area (Å²) in [5.74, 6) is 0. The number of hydrogen-bond donors (Lipinski definition) is 0. The fraction of sp³-hybridized carbons (Fsp3) is 0.0769. The van der Waals surface area contributed by atoms with Gasteiger partial charge < -0.3 is 0 Å². The van der Waals surface area contributed by atoms with Gasteiger partial charge in [-0.3, -0.25) is 0 Å². The zero-order valence-electron chi connectivity index (χ0n) is 15.1. The minimum atomic E-state index is -0.276. The van der Waals surface area contributed by atoms with Gasteiger partial charge in [-0.15, -0.1) is 0 Å². The second-order valence-electron chi connectivity index (χ2n) is 7.19. The summed E-state index contributed by atoms with van der Waals surface area (Å²) in [6, 6.07) is 35.6. The van der Waals surface area contributed by atoms with Crippen LogP contribution in [0.2, 0.25) is 0 Å². The summed E-state index contributed by atoms with van der Waals surface area (Å²) in [4.78, 5) is 0. The van der Waals surface area contributed by atoms with E-state index in [4.69, 9.17) is 0 Å². The number of fused-ring (bicyclic) bond motifs is 3. The molecule has 0 N–H and O–H groups in total. The SMILES string of the molecule is Cc1ccc(C2(c3ccccc3)c3ccccc3-c3c(I)cccc32)cc1. The Hall–Kier alpha value is -2.39. The fourth-order valence-corrected chi connectivity index (χ4v) is 5.35. The Kier molecular flexibility index (Phi) is 3.94. The standard InChI is InChI=1S/C26H19I/c1-18-14-16-20(17-15-18)26(19-8-3-2-4-9-19)22-11-6-5-10-21(22)25-23(26)12-7-13-24(25)27/h2-17H,1H3. The lowest BCUT2D eigenvalue weighted by atomic mass is 9.67. The van der Waals surface area contributed by atoms with Crippen molar-refractivity contribution in [3.05, 3.63) is 128 Å². The van der Waals surface area contributed by atoms with Crippen LogP contribution < -0.4 is 0 Å². The number of halogens is 1. The second-order valence-corrected chi connectivity index (χ2v) is 8.35. The molecule has 0 nitrogen and oxygen atoms in total. The van der Waals surface area contributed by atoms with Crippen molar-refractivity contribution in [2.75, 3.05) is 0 Å². The molecule has 130 valence electrons. The molecule has 27 heavy (non-hydrogen) atoms. The summed E-state index contributed by atoms with van der Waals surface area (Å²) in [6.07, 6.45) is 0. The van der Waals surface area contributed by atoms with Crippen molar-refractivity contribution in [3.8, 4) is 11.1 Å². The van der Waals surface area contributed by atoms with Crippen molar-refractivity contribution in [1.82, 2.24) is 0 Å². The van der Waals surface area contributed by atoms with Crippen molar-refractivity contribution in [2.45, 2.75) is 12.3 Å². The van der Waals surface area contributed by atoms with E-state index in [1.807, 2.05) is 0 Å². The number of rotatable bonds is 2. The van der Waals surface area contributed by atoms with Crippen LogP contribution in [0, 0.1) is 10.5 Å². The molecule has 0 bridgehead atoms. The van der Waals surface area contributed by atoms with E-state index >= 15 is 0 Å². The maximum atomic E-state index is 2.48.